The Morgan fingerprint density at radius 3 is 3.06 bits per heavy atom. The lowest BCUT2D eigenvalue weighted by molar-refractivity contribution is 0.283. The summed E-state index contributed by atoms with van der Waals surface area (Å²) >= 11 is 0. The Balaban J connectivity index is 2.04. The lowest BCUT2D eigenvalue weighted by Gasteiger charge is -2.20. The van der Waals surface area contributed by atoms with E-state index in [0.717, 1.165) is 38.3 Å². The summed E-state index contributed by atoms with van der Waals surface area (Å²) in [7, 11) is 0. The van der Waals surface area contributed by atoms with Crippen LogP contribution in [0.2, 0.25) is 0 Å². The van der Waals surface area contributed by atoms with Crippen molar-refractivity contribution in [2.75, 3.05) is 26.2 Å². The first-order valence-corrected chi connectivity index (χ1v) is 5.94. The van der Waals surface area contributed by atoms with E-state index >= 15 is 0 Å². The summed E-state index contributed by atoms with van der Waals surface area (Å²) in [6.45, 7) is 7.20. The minimum atomic E-state index is -0.131. The minimum Gasteiger partial charge on any atom is -0.315 e. The van der Waals surface area contributed by atoms with Gasteiger partial charge in [-0.3, -0.25) is 4.90 Å². The predicted molar refractivity (Wildman–Crippen MR) is 63.9 cm³/mol. The van der Waals surface area contributed by atoms with Crippen LogP contribution in [0.3, 0.4) is 0 Å². The Bertz CT molecular complexity index is 344. The molecule has 1 heterocycles. The molecule has 0 aliphatic carbocycles. The second kappa shape index (κ2) is 5.41. The molecule has 1 aromatic carbocycles. The zero-order valence-electron chi connectivity index (χ0n) is 9.80. The maximum Gasteiger partial charge on any atom is 0.123 e. The van der Waals surface area contributed by atoms with Crippen LogP contribution < -0.4 is 5.32 Å². The fraction of sp³-hybridized carbons (Fsp3) is 0.538. The van der Waals surface area contributed by atoms with Crippen LogP contribution in [0.15, 0.2) is 18.2 Å². The van der Waals surface area contributed by atoms with Gasteiger partial charge in [-0.15, -0.1) is 0 Å². The number of nitrogens with one attached hydrogen (secondary N) is 1. The van der Waals surface area contributed by atoms with Gasteiger partial charge in [-0.05, 0) is 49.7 Å². The van der Waals surface area contributed by atoms with Crippen LogP contribution in [0.5, 0.6) is 0 Å². The number of rotatable bonds is 2. The van der Waals surface area contributed by atoms with Gasteiger partial charge in [0.25, 0.3) is 0 Å². The molecule has 1 aliphatic rings. The van der Waals surface area contributed by atoms with Crippen molar-refractivity contribution in [2.24, 2.45) is 0 Å². The average molecular weight is 222 g/mol. The Hall–Kier alpha value is -0.930. The van der Waals surface area contributed by atoms with Gasteiger partial charge < -0.3 is 5.32 Å². The fourth-order valence-corrected chi connectivity index (χ4v) is 2.11. The number of halogens is 1. The molecule has 1 aromatic rings. The summed E-state index contributed by atoms with van der Waals surface area (Å²) in [4.78, 5) is 2.39. The Morgan fingerprint density at radius 2 is 2.19 bits per heavy atom. The molecule has 1 N–H and O–H groups in total. The molecular weight excluding hydrogens is 203 g/mol. The summed E-state index contributed by atoms with van der Waals surface area (Å²) in [6.07, 6.45) is 1.17. The number of hydrogen-bond acceptors (Lipinski definition) is 2. The Labute approximate surface area is 96.5 Å². The topological polar surface area (TPSA) is 15.3 Å². The highest BCUT2D eigenvalue weighted by molar-refractivity contribution is 5.26. The first kappa shape index (κ1) is 11.6. The van der Waals surface area contributed by atoms with E-state index in [0.29, 0.717) is 0 Å². The Morgan fingerprint density at radius 1 is 1.31 bits per heavy atom. The SMILES string of the molecule is Cc1ccc(F)cc1CN1CCCNCC1. The molecule has 0 amide bonds. The van der Waals surface area contributed by atoms with Crippen LogP contribution >= 0.6 is 0 Å². The minimum absolute atomic E-state index is 0.131. The number of benzene rings is 1. The van der Waals surface area contributed by atoms with Crippen molar-refractivity contribution in [1.29, 1.82) is 0 Å². The zero-order valence-corrected chi connectivity index (χ0v) is 9.80. The van der Waals surface area contributed by atoms with E-state index in [1.165, 1.54) is 18.1 Å². The molecule has 0 bridgehead atoms. The largest absolute Gasteiger partial charge is 0.315 e. The van der Waals surface area contributed by atoms with Crippen LogP contribution in [0.4, 0.5) is 4.39 Å². The van der Waals surface area contributed by atoms with Gasteiger partial charge in [0.2, 0.25) is 0 Å². The third-order valence-corrected chi connectivity index (χ3v) is 3.14. The van der Waals surface area contributed by atoms with E-state index < -0.39 is 0 Å². The molecule has 88 valence electrons. The van der Waals surface area contributed by atoms with Crippen LogP contribution in [-0.2, 0) is 6.54 Å². The smallest absolute Gasteiger partial charge is 0.123 e. The number of aryl methyl sites for hydroxylation is 1. The molecule has 0 aromatic heterocycles. The van der Waals surface area contributed by atoms with Crippen molar-refractivity contribution in [3.05, 3.63) is 35.1 Å². The molecule has 3 heteroatoms. The second-order valence-corrected chi connectivity index (χ2v) is 4.45. The summed E-state index contributed by atoms with van der Waals surface area (Å²) < 4.78 is 13.2. The van der Waals surface area contributed by atoms with Crippen molar-refractivity contribution in [3.63, 3.8) is 0 Å². The third kappa shape index (κ3) is 3.03. The van der Waals surface area contributed by atoms with E-state index in [1.807, 2.05) is 13.0 Å². The molecule has 2 rings (SSSR count). The molecule has 1 fully saturated rings. The van der Waals surface area contributed by atoms with E-state index in [1.54, 1.807) is 6.07 Å². The summed E-state index contributed by atoms with van der Waals surface area (Å²) in [5, 5.41) is 3.37. The molecule has 16 heavy (non-hydrogen) atoms. The van der Waals surface area contributed by atoms with Crippen LogP contribution in [0.25, 0.3) is 0 Å². The zero-order chi connectivity index (χ0) is 11.4. The quantitative estimate of drug-likeness (QED) is 0.822. The highest BCUT2D eigenvalue weighted by Crippen LogP contribution is 2.13. The molecule has 0 spiro atoms. The van der Waals surface area contributed by atoms with Gasteiger partial charge in [-0.2, -0.15) is 0 Å². The first-order chi connectivity index (χ1) is 7.75. The summed E-state index contributed by atoms with van der Waals surface area (Å²) in [5.41, 5.74) is 2.29. The van der Waals surface area contributed by atoms with Gasteiger partial charge in [0.15, 0.2) is 0 Å². The third-order valence-electron chi connectivity index (χ3n) is 3.14. The van der Waals surface area contributed by atoms with E-state index in [9.17, 15) is 4.39 Å². The van der Waals surface area contributed by atoms with E-state index in [-0.39, 0.29) is 5.82 Å². The van der Waals surface area contributed by atoms with Crippen molar-refractivity contribution >= 4 is 0 Å². The lowest BCUT2D eigenvalue weighted by atomic mass is 10.1. The monoisotopic (exact) mass is 222 g/mol. The average Bonchev–Trinajstić information content (AvgIpc) is 2.52. The van der Waals surface area contributed by atoms with E-state index in [4.69, 9.17) is 0 Å². The van der Waals surface area contributed by atoms with Gasteiger partial charge in [0, 0.05) is 19.6 Å². The van der Waals surface area contributed by atoms with Crippen molar-refractivity contribution in [1.82, 2.24) is 10.2 Å². The summed E-state index contributed by atoms with van der Waals surface area (Å²) in [5.74, 6) is -0.131. The van der Waals surface area contributed by atoms with Gasteiger partial charge in [0.1, 0.15) is 5.82 Å². The number of hydrogen-bond donors (Lipinski definition) is 1. The maximum absolute atomic E-state index is 13.2. The predicted octanol–water partition coefficient (Wildman–Crippen LogP) is 1.93. The van der Waals surface area contributed by atoms with Gasteiger partial charge >= 0.3 is 0 Å². The molecule has 0 atom stereocenters. The van der Waals surface area contributed by atoms with E-state index in [2.05, 4.69) is 10.2 Å². The highest BCUT2D eigenvalue weighted by atomic mass is 19.1. The van der Waals surface area contributed by atoms with Crippen LogP contribution in [-0.4, -0.2) is 31.1 Å². The molecular formula is C13H19FN2. The molecule has 0 radical (unpaired) electrons. The maximum atomic E-state index is 13.2. The normalized spacial score (nSPS) is 18.4. The van der Waals surface area contributed by atoms with Crippen LogP contribution in [0.1, 0.15) is 17.5 Å². The molecule has 0 saturated carbocycles. The van der Waals surface area contributed by atoms with Crippen LogP contribution in [0, 0.1) is 12.7 Å². The standard InChI is InChI=1S/C13H19FN2/c1-11-3-4-13(14)9-12(11)10-16-7-2-5-15-6-8-16/h3-4,9,15H,2,5-8,10H2,1H3. The van der Waals surface area contributed by atoms with Crippen molar-refractivity contribution in [3.8, 4) is 0 Å². The lowest BCUT2D eigenvalue weighted by Crippen LogP contribution is -2.27. The molecule has 1 saturated heterocycles. The van der Waals surface area contributed by atoms with Gasteiger partial charge in [0.05, 0.1) is 0 Å². The summed E-state index contributed by atoms with van der Waals surface area (Å²) in [6, 6.07) is 5.05. The van der Waals surface area contributed by atoms with Crippen molar-refractivity contribution in [2.45, 2.75) is 19.9 Å². The van der Waals surface area contributed by atoms with Gasteiger partial charge in [-0.1, -0.05) is 6.07 Å². The van der Waals surface area contributed by atoms with Crippen molar-refractivity contribution < 1.29 is 4.39 Å². The molecule has 2 nitrogen and oxygen atoms in total. The Kier molecular flexibility index (Phi) is 3.91. The first-order valence-electron chi connectivity index (χ1n) is 5.94. The van der Waals surface area contributed by atoms with Gasteiger partial charge in [-0.25, -0.2) is 4.39 Å². The molecule has 0 unspecified atom stereocenters. The number of nitrogens with zero attached hydrogens (tertiary/aromatic N) is 1. The second-order valence-electron chi connectivity index (χ2n) is 4.45. The molecule has 1 aliphatic heterocycles. The highest BCUT2D eigenvalue weighted by Gasteiger charge is 2.10. The fourth-order valence-electron chi connectivity index (χ4n) is 2.11.